The average Bonchev–Trinajstić information content (AvgIpc) is 3.65. The Bertz CT molecular complexity index is 3350. The Kier molecular flexibility index (Phi) is 15.7. The lowest BCUT2D eigenvalue weighted by Crippen LogP contribution is -2.40. The molecule has 0 bridgehead atoms. The predicted octanol–water partition coefficient (Wildman–Crippen LogP) is 9.01. The third-order valence-electron chi connectivity index (χ3n) is 14.9. The second-order valence-corrected chi connectivity index (χ2v) is 20.0. The minimum Gasteiger partial charge on any atom is -0.490 e. The van der Waals surface area contributed by atoms with Crippen molar-refractivity contribution >= 4 is 45.5 Å². The molecule has 386 valence electrons. The Balaban J connectivity index is 0.916. The van der Waals surface area contributed by atoms with Gasteiger partial charge < -0.3 is 40.1 Å². The van der Waals surface area contributed by atoms with Crippen molar-refractivity contribution in [3.63, 3.8) is 0 Å². The number of aromatic carboxylic acids is 1. The van der Waals surface area contributed by atoms with Gasteiger partial charge in [0.25, 0.3) is 5.91 Å². The molecule has 6 aromatic rings. The quantitative estimate of drug-likeness (QED) is 0.0249. The molecule has 0 unspecified atom stereocenters. The average molecular weight is 1010 g/mol. The summed E-state index contributed by atoms with van der Waals surface area (Å²) < 4.78 is 13.2. The Labute approximate surface area is 436 Å². The molecule has 15 nitrogen and oxygen atoms in total. The van der Waals surface area contributed by atoms with Crippen molar-refractivity contribution in [1.29, 1.82) is 0 Å². The van der Waals surface area contributed by atoms with Crippen molar-refractivity contribution in [3.8, 4) is 17.2 Å². The van der Waals surface area contributed by atoms with Gasteiger partial charge in [-0.2, -0.15) is 0 Å². The van der Waals surface area contributed by atoms with Gasteiger partial charge in [0.15, 0.2) is 0 Å². The highest BCUT2D eigenvalue weighted by atomic mass is 16.5. The molecule has 4 heterocycles. The number of carboxylic acids is 1. The summed E-state index contributed by atoms with van der Waals surface area (Å²) in [6.45, 7) is 5.87. The number of aliphatic hydroxyl groups is 1. The molecule has 4 aliphatic rings. The molecule has 10 rings (SSSR count). The summed E-state index contributed by atoms with van der Waals surface area (Å²) in [5, 5.41) is 35.5. The Hall–Kier alpha value is -7.71. The van der Waals surface area contributed by atoms with E-state index in [0.29, 0.717) is 17.0 Å². The van der Waals surface area contributed by atoms with Gasteiger partial charge in [-0.25, -0.2) is 4.79 Å². The number of ether oxygens (including phenoxy) is 2. The number of hydrogen-bond donors (Lipinski definition) is 4. The molecule has 6 aromatic carbocycles. The largest absolute Gasteiger partial charge is 0.490 e. The van der Waals surface area contributed by atoms with Gasteiger partial charge >= 0.3 is 5.97 Å². The number of benzene rings is 6. The van der Waals surface area contributed by atoms with Crippen LogP contribution in [0, 0.1) is 0 Å². The fourth-order valence-corrected chi connectivity index (χ4v) is 11.3. The molecule has 4 N–H and O–H groups in total. The number of azide groups is 1. The van der Waals surface area contributed by atoms with Crippen LogP contribution in [0.4, 0.5) is 11.4 Å². The number of amides is 2. The van der Waals surface area contributed by atoms with Gasteiger partial charge in [0.05, 0.1) is 10.9 Å². The van der Waals surface area contributed by atoms with Crippen molar-refractivity contribution in [2.45, 2.75) is 90.2 Å². The van der Waals surface area contributed by atoms with Crippen LogP contribution in [0.1, 0.15) is 112 Å². The second-order valence-electron chi connectivity index (χ2n) is 20.0. The minimum absolute atomic E-state index is 0.0665. The first-order valence-electron chi connectivity index (χ1n) is 26.6. The number of fused-ring (bicyclic) bond motifs is 6. The molecule has 0 saturated heterocycles. The summed E-state index contributed by atoms with van der Waals surface area (Å²) >= 11 is 0. The minimum atomic E-state index is -1.10. The van der Waals surface area contributed by atoms with Crippen LogP contribution in [-0.2, 0) is 37.0 Å². The maximum atomic E-state index is 14.4. The summed E-state index contributed by atoms with van der Waals surface area (Å²) in [7, 11) is 0. The van der Waals surface area contributed by atoms with E-state index in [1.165, 1.54) is 22.9 Å². The Morgan fingerprint density at radius 3 is 2.61 bits per heavy atom. The molecule has 75 heavy (non-hydrogen) atoms. The first-order valence-corrected chi connectivity index (χ1v) is 26.6. The van der Waals surface area contributed by atoms with Gasteiger partial charge in [-0.05, 0) is 133 Å². The van der Waals surface area contributed by atoms with E-state index in [0.717, 1.165) is 145 Å². The first kappa shape index (κ1) is 50.8. The van der Waals surface area contributed by atoms with Crippen molar-refractivity contribution < 1.29 is 34.1 Å². The molecule has 1 atom stereocenters. The summed E-state index contributed by atoms with van der Waals surface area (Å²) in [5.41, 5.74) is 18.5. The molecular weight excluding hydrogens is 945 g/mol. The van der Waals surface area contributed by atoms with E-state index in [1.54, 1.807) is 35.2 Å². The Morgan fingerprint density at radius 1 is 0.907 bits per heavy atom. The van der Waals surface area contributed by atoms with Gasteiger partial charge in [-0.3, -0.25) is 14.6 Å². The third-order valence-corrected chi connectivity index (χ3v) is 14.9. The molecule has 0 aliphatic carbocycles. The lowest BCUT2D eigenvalue weighted by atomic mass is 9.82. The molecule has 0 radical (unpaired) electrons. The summed E-state index contributed by atoms with van der Waals surface area (Å²) in [6.07, 6.45) is 8.67. The number of hydrogen-bond acceptors (Lipinski definition) is 10. The number of carbonyl (C=O) groups excluding carboxylic acids is 2. The van der Waals surface area contributed by atoms with Crippen molar-refractivity contribution in [3.05, 3.63) is 168 Å². The fourth-order valence-electron chi connectivity index (χ4n) is 11.3. The number of anilines is 1. The number of nitrogens with one attached hydrogen (secondary N) is 2. The van der Waals surface area contributed by atoms with Crippen LogP contribution < -0.4 is 35.6 Å². The zero-order valence-electron chi connectivity index (χ0n) is 42.6. The maximum Gasteiger partial charge on any atom is 0.336 e. The standard InChI is InChI=1S/C60H64N8O7/c1-2-3-13-40-32-50-54(51-33-41-15-6-7-28-67-29-11-20-48(56(41)67)58(51)75-57(50)47-19-10-25-63-55(40)47)49-34-42(22-23-46(49)60(72)73)59(71)64-27-30-68(36-38-12-8-17-43(31-38)65-66-61)53(70)24-26-62-35-44(69)37-74-52-21-9-16-39-14-4-5-18-45(39)52/h4-5,8-9,12,14,16-18,21-23,31-34,44,62,69H,2-3,6-7,10-11,13,15,19-20,24-30,35-37H2,1H3,(H,64,71)(H,72,73)/t44-/m0/s1. The van der Waals surface area contributed by atoms with E-state index in [2.05, 4.69) is 44.6 Å². The monoisotopic (exact) mass is 1010 g/mol. The van der Waals surface area contributed by atoms with Crippen LogP contribution in [0.5, 0.6) is 17.2 Å². The number of unbranched alkanes of at least 4 members (excludes halogenated alkanes) is 1. The van der Waals surface area contributed by atoms with E-state index in [4.69, 9.17) is 20.0 Å². The fraction of sp³-hybridized carbons (Fsp3) is 0.367. The van der Waals surface area contributed by atoms with Gasteiger partial charge in [0.2, 0.25) is 5.91 Å². The lowest BCUT2D eigenvalue weighted by molar-refractivity contribution is -0.131. The number of nitrogens with zero attached hydrogens (tertiary/aromatic N) is 6. The number of rotatable bonds is 20. The van der Waals surface area contributed by atoms with Crippen LogP contribution in [0.2, 0.25) is 0 Å². The molecule has 0 spiro atoms. The SMILES string of the molecule is CCCCc1cc2c(c3c1=NCCC3)Oc1c(cc3c4c1CCCN4CCCC3)C=2c1cc(C(=O)NCCN(Cc2cccc(N=[N+]=[N-])c2)C(=O)CCNC[C@H](O)COc2cccc3ccccc23)ccc1C(=O)O. The molecule has 4 aliphatic heterocycles. The van der Waals surface area contributed by atoms with Crippen molar-refractivity contribution in [1.82, 2.24) is 15.5 Å². The third kappa shape index (κ3) is 11.1. The molecule has 2 amide bonds. The molecule has 0 fully saturated rings. The molecule has 15 heteroatoms. The van der Waals surface area contributed by atoms with E-state index in [1.807, 2.05) is 48.5 Å². The van der Waals surface area contributed by atoms with Gasteiger partial charge in [0, 0.05) is 113 Å². The number of carbonyl (C=O) groups is 3. The smallest absolute Gasteiger partial charge is 0.336 e. The Morgan fingerprint density at radius 2 is 1.75 bits per heavy atom. The molecule has 0 saturated carbocycles. The van der Waals surface area contributed by atoms with E-state index in [9.17, 15) is 24.6 Å². The van der Waals surface area contributed by atoms with E-state index in [-0.39, 0.29) is 62.8 Å². The summed E-state index contributed by atoms with van der Waals surface area (Å²) in [5.74, 6) is 0.481. The lowest BCUT2D eigenvalue weighted by Gasteiger charge is -2.36. The second kappa shape index (κ2) is 23.2. The van der Waals surface area contributed by atoms with Crippen LogP contribution in [0.25, 0.3) is 26.8 Å². The van der Waals surface area contributed by atoms with Crippen LogP contribution in [0.3, 0.4) is 0 Å². The first-order chi connectivity index (χ1) is 36.7. The normalized spacial score (nSPS) is 14.6. The molecule has 0 aromatic heterocycles. The highest BCUT2D eigenvalue weighted by molar-refractivity contribution is 6.02. The van der Waals surface area contributed by atoms with Gasteiger partial charge in [-0.1, -0.05) is 73.1 Å². The number of aliphatic hydroxyl groups excluding tert-OH is 1. The topological polar surface area (TPSA) is 202 Å². The van der Waals surface area contributed by atoms with E-state index < -0.39 is 18.0 Å². The maximum absolute atomic E-state index is 14.4. The van der Waals surface area contributed by atoms with E-state index >= 15 is 0 Å². The number of carboxylic acid groups (broad SMARTS) is 1. The van der Waals surface area contributed by atoms with Crippen LogP contribution in [-0.4, -0.2) is 91.4 Å². The summed E-state index contributed by atoms with van der Waals surface area (Å²) in [6, 6.07) is 29.9. The summed E-state index contributed by atoms with van der Waals surface area (Å²) in [4.78, 5) is 53.9. The van der Waals surface area contributed by atoms with Crippen LogP contribution in [0.15, 0.2) is 107 Å². The van der Waals surface area contributed by atoms with Crippen molar-refractivity contribution in [2.75, 3.05) is 57.3 Å². The van der Waals surface area contributed by atoms with Gasteiger partial charge in [-0.15, -0.1) is 0 Å². The predicted molar refractivity (Wildman–Crippen MR) is 290 cm³/mol. The number of aryl methyl sites for hydroxylation is 2. The highest BCUT2D eigenvalue weighted by Crippen LogP contribution is 2.48. The van der Waals surface area contributed by atoms with Crippen molar-refractivity contribution in [2.24, 2.45) is 10.1 Å². The molecular formula is C60H64N8O7. The zero-order valence-corrected chi connectivity index (χ0v) is 42.6. The highest BCUT2D eigenvalue weighted by Gasteiger charge is 2.34. The van der Waals surface area contributed by atoms with Crippen LogP contribution >= 0.6 is 0 Å². The van der Waals surface area contributed by atoms with Gasteiger partial charge in [0.1, 0.15) is 30.0 Å². The zero-order chi connectivity index (χ0) is 51.8.